The van der Waals surface area contributed by atoms with Gasteiger partial charge in [-0.05, 0) is 44.9 Å². The number of nitrogens with one attached hydrogen (secondary N) is 1. The Morgan fingerprint density at radius 2 is 1.94 bits per heavy atom. The molecule has 3 heterocycles. The van der Waals surface area contributed by atoms with Gasteiger partial charge < -0.3 is 15.0 Å². The number of nitrogens with zero attached hydrogens (tertiary/aromatic N) is 4. The molecule has 0 bridgehead atoms. The molecular weight excluding hydrogens is 422 g/mol. The van der Waals surface area contributed by atoms with Crippen molar-refractivity contribution in [3.63, 3.8) is 0 Å². The second-order valence-corrected chi connectivity index (χ2v) is 9.55. The Balaban J connectivity index is 1.30. The lowest BCUT2D eigenvalue weighted by Gasteiger charge is -2.33. The molecule has 0 saturated carbocycles. The zero-order valence-corrected chi connectivity index (χ0v) is 19.6. The van der Waals surface area contributed by atoms with E-state index in [1.807, 2.05) is 0 Å². The van der Waals surface area contributed by atoms with Crippen LogP contribution in [0.15, 0.2) is 46.6 Å². The van der Waals surface area contributed by atoms with Gasteiger partial charge in [-0.3, -0.25) is 9.69 Å². The SMILES string of the molecule is Cc1ccc(Sc2nccnc2N2CCC[C@@H](C(=O)NCCCN3CCOCC3)C2)cc1. The largest absolute Gasteiger partial charge is 0.379 e. The number of aryl methyl sites for hydroxylation is 1. The number of carbonyl (C=O) groups is 1. The summed E-state index contributed by atoms with van der Waals surface area (Å²) in [6.07, 6.45) is 6.36. The third-order valence-electron chi connectivity index (χ3n) is 6.03. The van der Waals surface area contributed by atoms with Gasteiger partial charge in [0.05, 0.1) is 19.1 Å². The molecule has 1 aromatic carbocycles. The number of amides is 1. The summed E-state index contributed by atoms with van der Waals surface area (Å²) in [5, 5.41) is 4.05. The molecule has 8 heteroatoms. The molecule has 0 radical (unpaired) electrons. The van der Waals surface area contributed by atoms with Gasteiger partial charge in [0, 0.05) is 50.0 Å². The van der Waals surface area contributed by atoms with Crippen molar-refractivity contribution in [3.8, 4) is 0 Å². The van der Waals surface area contributed by atoms with Crippen LogP contribution in [0, 0.1) is 12.8 Å². The van der Waals surface area contributed by atoms with E-state index in [1.165, 1.54) is 5.56 Å². The summed E-state index contributed by atoms with van der Waals surface area (Å²) < 4.78 is 5.39. The molecular formula is C24H33N5O2S. The summed E-state index contributed by atoms with van der Waals surface area (Å²) in [5.74, 6) is 1.03. The summed E-state index contributed by atoms with van der Waals surface area (Å²) in [7, 11) is 0. The summed E-state index contributed by atoms with van der Waals surface area (Å²) in [6, 6.07) is 8.45. The van der Waals surface area contributed by atoms with Crippen LogP contribution in [0.2, 0.25) is 0 Å². The van der Waals surface area contributed by atoms with Gasteiger partial charge in [-0.2, -0.15) is 0 Å². The average molecular weight is 456 g/mol. The molecule has 172 valence electrons. The van der Waals surface area contributed by atoms with Crippen molar-refractivity contribution >= 4 is 23.5 Å². The van der Waals surface area contributed by atoms with Gasteiger partial charge in [0.2, 0.25) is 5.91 Å². The molecule has 4 rings (SSSR count). The van der Waals surface area contributed by atoms with Crippen LogP contribution < -0.4 is 10.2 Å². The minimum Gasteiger partial charge on any atom is -0.379 e. The minimum atomic E-state index is -0.00799. The molecule has 0 aliphatic carbocycles. The molecule has 2 aromatic rings. The topological polar surface area (TPSA) is 70.6 Å². The van der Waals surface area contributed by atoms with E-state index in [0.717, 1.165) is 80.9 Å². The first-order valence-corrected chi connectivity index (χ1v) is 12.4. The Bertz CT molecular complexity index is 873. The monoisotopic (exact) mass is 455 g/mol. The number of anilines is 1. The van der Waals surface area contributed by atoms with Crippen LogP contribution in [-0.4, -0.2) is 73.3 Å². The number of carbonyl (C=O) groups excluding carboxylic acids is 1. The Kier molecular flexibility index (Phi) is 8.36. The average Bonchev–Trinajstić information content (AvgIpc) is 2.84. The highest BCUT2D eigenvalue weighted by Gasteiger charge is 2.28. The Labute approximate surface area is 194 Å². The molecule has 1 atom stereocenters. The van der Waals surface area contributed by atoms with E-state index >= 15 is 0 Å². The lowest BCUT2D eigenvalue weighted by atomic mass is 9.97. The number of hydrogen-bond donors (Lipinski definition) is 1. The quantitative estimate of drug-likeness (QED) is 0.614. The van der Waals surface area contributed by atoms with Crippen LogP contribution in [0.25, 0.3) is 0 Å². The maximum absolute atomic E-state index is 12.8. The lowest BCUT2D eigenvalue weighted by Crippen LogP contribution is -2.44. The van der Waals surface area contributed by atoms with E-state index in [9.17, 15) is 4.79 Å². The van der Waals surface area contributed by atoms with Crippen molar-refractivity contribution in [1.82, 2.24) is 20.2 Å². The summed E-state index contributed by atoms with van der Waals surface area (Å²) in [6.45, 7) is 9.04. The maximum atomic E-state index is 12.8. The second-order valence-electron chi connectivity index (χ2n) is 8.48. The molecule has 2 saturated heterocycles. The third-order valence-corrected chi connectivity index (χ3v) is 7.02. The van der Waals surface area contributed by atoms with E-state index in [4.69, 9.17) is 4.74 Å². The van der Waals surface area contributed by atoms with Gasteiger partial charge in [-0.15, -0.1) is 0 Å². The van der Waals surface area contributed by atoms with Crippen LogP contribution in [0.5, 0.6) is 0 Å². The zero-order chi connectivity index (χ0) is 22.2. The van der Waals surface area contributed by atoms with Crippen LogP contribution in [0.1, 0.15) is 24.8 Å². The highest BCUT2D eigenvalue weighted by Crippen LogP contribution is 2.34. The smallest absolute Gasteiger partial charge is 0.224 e. The van der Waals surface area contributed by atoms with Crippen molar-refractivity contribution < 1.29 is 9.53 Å². The Hall–Kier alpha value is -2.16. The summed E-state index contributed by atoms with van der Waals surface area (Å²) in [5.41, 5.74) is 1.24. The van der Waals surface area contributed by atoms with Crippen molar-refractivity contribution in [2.45, 2.75) is 36.1 Å². The minimum absolute atomic E-state index is 0.00799. The fourth-order valence-electron chi connectivity index (χ4n) is 4.19. The standard InChI is InChI=1S/C24H33N5O2S/c1-19-5-7-21(8-6-19)32-24-22(25-10-11-27-24)29-13-2-4-20(18-29)23(30)26-9-3-12-28-14-16-31-17-15-28/h5-8,10-11,20H,2-4,9,12-18H2,1H3,(H,26,30)/t20-/m1/s1. The zero-order valence-electron chi connectivity index (χ0n) is 18.8. The van der Waals surface area contributed by atoms with Gasteiger partial charge in [-0.1, -0.05) is 29.5 Å². The predicted molar refractivity (Wildman–Crippen MR) is 127 cm³/mol. The normalized spacial score (nSPS) is 19.7. The highest BCUT2D eigenvalue weighted by atomic mass is 32.2. The molecule has 2 fully saturated rings. The highest BCUT2D eigenvalue weighted by molar-refractivity contribution is 7.99. The van der Waals surface area contributed by atoms with E-state index < -0.39 is 0 Å². The number of rotatable bonds is 8. The number of benzene rings is 1. The molecule has 1 N–H and O–H groups in total. The first-order chi connectivity index (χ1) is 15.7. The predicted octanol–water partition coefficient (Wildman–Crippen LogP) is 2.99. The van der Waals surface area contributed by atoms with Crippen molar-refractivity contribution in [2.75, 3.05) is 57.4 Å². The van der Waals surface area contributed by atoms with Gasteiger partial charge in [0.15, 0.2) is 5.82 Å². The van der Waals surface area contributed by atoms with E-state index in [0.29, 0.717) is 6.54 Å². The van der Waals surface area contributed by atoms with Gasteiger partial charge in [-0.25, -0.2) is 9.97 Å². The Morgan fingerprint density at radius 1 is 1.16 bits per heavy atom. The van der Waals surface area contributed by atoms with Gasteiger partial charge in [0.1, 0.15) is 5.03 Å². The molecule has 1 amide bonds. The Morgan fingerprint density at radius 3 is 2.75 bits per heavy atom. The number of hydrogen-bond acceptors (Lipinski definition) is 7. The fraction of sp³-hybridized carbons (Fsp3) is 0.542. The van der Waals surface area contributed by atoms with Crippen molar-refractivity contribution in [1.29, 1.82) is 0 Å². The van der Waals surface area contributed by atoms with Crippen LogP contribution in [0.3, 0.4) is 0 Å². The summed E-state index contributed by atoms with van der Waals surface area (Å²) in [4.78, 5) is 27.8. The van der Waals surface area contributed by atoms with Crippen molar-refractivity contribution in [3.05, 3.63) is 42.2 Å². The first-order valence-electron chi connectivity index (χ1n) is 11.6. The molecule has 0 spiro atoms. The van der Waals surface area contributed by atoms with E-state index in [2.05, 4.69) is 56.3 Å². The number of morpholine rings is 1. The maximum Gasteiger partial charge on any atom is 0.224 e. The number of aromatic nitrogens is 2. The fourth-order valence-corrected chi connectivity index (χ4v) is 5.07. The van der Waals surface area contributed by atoms with Crippen molar-refractivity contribution in [2.24, 2.45) is 5.92 Å². The van der Waals surface area contributed by atoms with E-state index in [1.54, 1.807) is 24.2 Å². The van der Waals surface area contributed by atoms with Crippen LogP contribution in [0.4, 0.5) is 5.82 Å². The molecule has 2 aliphatic heterocycles. The molecule has 0 unspecified atom stereocenters. The van der Waals surface area contributed by atoms with E-state index in [-0.39, 0.29) is 11.8 Å². The molecule has 1 aromatic heterocycles. The third kappa shape index (κ3) is 6.43. The molecule has 32 heavy (non-hydrogen) atoms. The van der Waals surface area contributed by atoms with Crippen LogP contribution >= 0.6 is 11.8 Å². The lowest BCUT2D eigenvalue weighted by molar-refractivity contribution is -0.125. The van der Waals surface area contributed by atoms with Gasteiger partial charge >= 0.3 is 0 Å². The number of ether oxygens (including phenoxy) is 1. The molecule has 2 aliphatic rings. The van der Waals surface area contributed by atoms with Crippen LogP contribution in [-0.2, 0) is 9.53 Å². The van der Waals surface area contributed by atoms with Gasteiger partial charge in [0.25, 0.3) is 0 Å². The summed E-state index contributed by atoms with van der Waals surface area (Å²) >= 11 is 1.63. The first kappa shape index (κ1) is 23.0. The number of piperidine rings is 1. The molecule has 7 nitrogen and oxygen atoms in total. The second kappa shape index (κ2) is 11.6.